The van der Waals surface area contributed by atoms with Gasteiger partial charge in [-0.25, -0.2) is 9.59 Å². The Balaban J connectivity index is 0.000000351. The number of carboxylic acid groups (broad SMARTS) is 1. The van der Waals surface area contributed by atoms with Gasteiger partial charge in [0.15, 0.2) is 24.8 Å². The van der Waals surface area contributed by atoms with Crippen molar-refractivity contribution in [1.29, 1.82) is 5.41 Å². The molecule has 19 heteroatoms. The first kappa shape index (κ1) is 64.5. The number of hydrogen-bond acceptors (Lipinski definition) is 15. The summed E-state index contributed by atoms with van der Waals surface area (Å²) in [4.78, 5) is 35.0. The van der Waals surface area contributed by atoms with Crippen molar-refractivity contribution < 1.29 is 72.7 Å². The number of allylic oxidation sites excluding steroid dienone is 2. The Kier molecular flexibility index (Phi) is 29.8. The minimum absolute atomic E-state index is 0.0160. The number of nitrogens with one attached hydrogen (secondary N) is 1. The molecule has 5 rings (SSSR count). The van der Waals surface area contributed by atoms with Crippen molar-refractivity contribution >= 4 is 58.6 Å². The molecule has 0 spiro atoms. The van der Waals surface area contributed by atoms with E-state index in [2.05, 4.69) is 20.1 Å². The summed E-state index contributed by atoms with van der Waals surface area (Å²) >= 11 is 16.9. The molecule has 2 aromatic carbocycles. The number of aliphatic carboxylic acids is 1. The molecule has 0 amide bonds. The largest absolute Gasteiger partial charge is 0.481 e. The normalized spacial score (nSPS) is 28.2. The molecule has 3 aliphatic heterocycles. The fourth-order valence-corrected chi connectivity index (χ4v) is 7.21. The van der Waals surface area contributed by atoms with Crippen molar-refractivity contribution in [3.8, 4) is 0 Å². The predicted octanol–water partition coefficient (Wildman–Crippen LogP) is 10.1. The summed E-state index contributed by atoms with van der Waals surface area (Å²) in [6.07, 6.45) is 3.08. The van der Waals surface area contributed by atoms with E-state index in [0.717, 1.165) is 32.1 Å². The van der Waals surface area contributed by atoms with Gasteiger partial charge in [0.25, 0.3) is 3.79 Å². The van der Waals surface area contributed by atoms with Crippen LogP contribution in [0.2, 0.25) is 0 Å². The van der Waals surface area contributed by atoms with Crippen LogP contribution >= 0.6 is 34.8 Å². The molecular weight excluding hydrogens is 997 g/mol. The van der Waals surface area contributed by atoms with Crippen molar-refractivity contribution in [2.24, 2.45) is 11.8 Å². The highest BCUT2D eigenvalue weighted by Crippen LogP contribution is 2.34. The van der Waals surface area contributed by atoms with Crippen LogP contribution in [0, 0.1) is 17.2 Å². The van der Waals surface area contributed by atoms with Gasteiger partial charge in [-0.3, -0.25) is 10.2 Å². The maximum atomic E-state index is 12.4. The zero-order valence-electron chi connectivity index (χ0n) is 42.8. The maximum Gasteiger partial charge on any atom is 0.338 e. The van der Waals surface area contributed by atoms with E-state index < -0.39 is 71.0 Å². The topological polar surface area (TPSA) is 230 Å². The van der Waals surface area contributed by atoms with Crippen molar-refractivity contribution in [3.05, 3.63) is 97.1 Å². The summed E-state index contributed by atoms with van der Waals surface area (Å²) in [6, 6.07) is 17.6. The Morgan fingerprint density at radius 3 is 1.54 bits per heavy atom. The number of carboxylic acids is 1. The fraction of sp³-hybridized carbons (Fsp3) is 0.623. The van der Waals surface area contributed by atoms with Crippen LogP contribution in [0.1, 0.15) is 134 Å². The number of carbonyl (C=O) groups is 3. The third kappa shape index (κ3) is 24.6. The zero-order valence-corrected chi connectivity index (χ0v) is 45.0. The molecule has 72 heavy (non-hydrogen) atoms. The second kappa shape index (κ2) is 33.3. The third-order valence-corrected chi connectivity index (χ3v) is 12.4. The van der Waals surface area contributed by atoms with E-state index in [1.165, 1.54) is 0 Å². The third-order valence-electron chi connectivity index (χ3n) is 11.9. The number of alkyl halides is 3. The lowest BCUT2D eigenvalue weighted by Crippen LogP contribution is -2.48. The minimum Gasteiger partial charge on any atom is -0.481 e. The maximum absolute atomic E-state index is 12.4. The Bertz CT molecular complexity index is 1910. The molecule has 3 fully saturated rings. The monoisotopic (exact) mass is 1070 g/mol. The molecule has 0 radical (unpaired) electrons. The average molecular weight is 1080 g/mol. The van der Waals surface area contributed by atoms with E-state index in [4.69, 9.17) is 88.3 Å². The molecule has 3 saturated heterocycles. The number of halogens is 3. The second-order valence-electron chi connectivity index (χ2n) is 18.4. The van der Waals surface area contributed by atoms with Crippen LogP contribution in [0.5, 0.6) is 0 Å². The molecule has 406 valence electrons. The Hall–Kier alpha value is -3.65. The van der Waals surface area contributed by atoms with Gasteiger partial charge < -0.3 is 58.3 Å². The number of aliphatic hydroxyl groups is 3. The minimum atomic E-state index is -2.01. The highest BCUT2D eigenvalue weighted by Gasteiger charge is 2.42. The van der Waals surface area contributed by atoms with Crippen LogP contribution in [-0.4, -0.2) is 128 Å². The Morgan fingerprint density at radius 1 is 0.667 bits per heavy atom. The number of hydrogen-bond donors (Lipinski definition) is 5. The van der Waals surface area contributed by atoms with Gasteiger partial charge >= 0.3 is 17.9 Å². The van der Waals surface area contributed by atoms with Crippen LogP contribution in [0.15, 0.2) is 86.0 Å². The van der Waals surface area contributed by atoms with E-state index in [0.29, 0.717) is 29.9 Å². The molecule has 16 nitrogen and oxygen atoms in total. The van der Waals surface area contributed by atoms with Crippen LogP contribution in [0.25, 0.3) is 0 Å². The highest BCUT2D eigenvalue weighted by atomic mass is 35.6. The first-order chi connectivity index (χ1) is 33.9. The number of ether oxygens (including phenoxy) is 8. The van der Waals surface area contributed by atoms with Crippen molar-refractivity contribution in [2.75, 3.05) is 0 Å². The fourth-order valence-electron chi connectivity index (χ4n) is 7.08. The summed E-state index contributed by atoms with van der Waals surface area (Å²) in [7, 11) is 0. The van der Waals surface area contributed by atoms with Gasteiger partial charge in [0.05, 0.1) is 53.9 Å². The van der Waals surface area contributed by atoms with Gasteiger partial charge in [0.1, 0.15) is 6.10 Å². The number of benzene rings is 2. The summed E-state index contributed by atoms with van der Waals surface area (Å²) < 4.78 is 42.9. The molecule has 3 heterocycles. The Morgan fingerprint density at radius 2 is 1.10 bits per heavy atom. The predicted molar refractivity (Wildman–Crippen MR) is 276 cm³/mol. The van der Waals surface area contributed by atoms with Crippen molar-refractivity contribution in [1.82, 2.24) is 0 Å². The lowest BCUT2D eigenvalue weighted by molar-refractivity contribution is -0.273. The number of esters is 2. The first-order valence-corrected chi connectivity index (χ1v) is 25.6. The SMILES string of the molecule is C=CCC[C@@H](C)O.C=CCC[C@@H](C)O[C@@H]1OC(C)[C@H](C)CC1OC(=O)c1ccccc1.CC1O[C@@H](OC(=N)C(Cl)(Cl)Cl)C(OC(=O)c2ccccc2)C[C@H]1C.CC1O[C@@H](O[C@H](C)CCC(=O)O)C(O)C[C@H]1O. The molecule has 15 atom stereocenters. The van der Waals surface area contributed by atoms with Gasteiger partial charge in [-0.05, 0) is 123 Å². The summed E-state index contributed by atoms with van der Waals surface area (Å²) in [6.45, 7) is 22.5. The highest BCUT2D eigenvalue weighted by molar-refractivity contribution is 6.76. The summed E-state index contributed by atoms with van der Waals surface area (Å²) in [5.74, 6) is -1.85. The van der Waals surface area contributed by atoms with Gasteiger partial charge in [-0.1, -0.05) is 97.2 Å². The lowest BCUT2D eigenvalue weighted by atomic mass is 9.95. The van der Waals surface area contributed by atoms with Crippen LogP contribution in [0.3, 0.4) is 0 Å². The quantitative estimate of drug-likeness (QED) is 0.0307. The zero-order chi connectivity index (χ0) is 54.1. The average Bonchev–Trinajstić information content (AvgIpc) is 3.32. The van der Waals surface area contributed by atoms with Crippen LogP contribution in [-0.2, 0) is 42.7 Å². The number of carbonyl (C=O) groups excluding carboxylic acids is 2. The smallest absolute Gasteiger partial charge is 0.338 e. The molecule has 5 N–H and O–H groups in total. The van der Waals surface area contributed by atoms with E-state index in [1.54, 1.807) is 63.2 Å². The van der Waals surface area contributed by atoms with E-state index in [1.807, 2.05) is 58.0 Å². The van der Waals surface area contributed by atoms with Crippen LogP contribution < -0.4 is 0 Å². The second-order valence-corrected chi connectivity index (χ2v) is 20.7. The molecule has 0 aromatic heterocycles. The van der Waals surface area contributed by atoms with Gasteiger partial charge in [-0.2, -0.15) is 0 Å². The lowest BCUT2D eigenvalue weighted by Gasteiger charge is -2.39. The van der Waals surface area contributed by atoms with E-state index >= 15 is 0 Å². The van der Waals surface area contributed by atoms with Gasteiger partial charge in [-0.15, -0.1) is 13.2 Å². The molecule has 0 saturated carbocycles. The molecule has 0 aliphatic carbocycles. The van der Waals surface area contributed by atoms with E-state index in [9.17, 15) is 24.6 Å². The molecule has 6 unspecified atom stereocenters. The summed E-state index contributed by atoms with van der Waals surface area (Å²) in [5, 5.41) is 44.0. The van der Waals surface area contributed by atoms with Crippen molar-refractivity contribution in [3.63, 3.8) is 0 Å². The molecular formula is C53H78Cl3NO15. The van der Waals surface area contributed by atoms with Gasteiger partial charge in [0, 0.05) is 12.8 Å². The summed E-state index contributed by atoms with van der Waals surface area (Å²) in [5.41, 5.74) is 0.959. The Labute approximate surface area is 440 Å². The van der Waals surface area contributed by atoms with Gasteiger partial charge in [0.2, 0.25) is 12.2 Å². The first-order valence-electron chi connectivity index (χ1n) is 24.5. The molecule has 0 bridgehead atoms. The van der Waals surface area contributed by atoms with Crippen molar-refractivity contribution in [2.45, 2.75) is 197 Å². The standard InChI is InChI=1S/C20H28O4.C16H18Cl3NO4.C11H20O6.C6H12O/c1-5-6-10-15(3)22-20-18(13-14(2)16(4)23-20)24-19(21)17-11-8-7-9-12-17;1-9-8-12(23-13(21)11-6-4-3-5-7-11)14(22-10(9)2)24-15(20)16(17,18)19;1-6(3-4-10(14)15)16-11-9(13)5-8(12)7(2)17-11;1-3-4-5-6(2)7/h5,7-9,11-12,14-16,18,20H,1,6,10,13H2,2-4H3;3-7,9-10,12,14,20H,8H2,1-2H3;6-9,11-13H,3-5H2,1-2H3,(H,14,15);3,6-7H,1,4-5H2,2H3/t14-,15-,16?,18?,20-;9-,10?,12?,14+;6-,7?,8-,9?,11-;6-/m1111/s1. The van der Waals surface area contributed by atoms with E-state index in [-0.39, 0.29) is 55.2 Å². The number of rotatable bonds is 18. The number of aliphatic hydroxyl groups excluding tert-OH is 3. The molecule has 3 aliphatic rings. The molecule has 2 aromatic rings. The van der Waals surface area contributed by atoms with Crippen LogP contribution in [0.4, 0.5) is 0 Å².